The van der Waals surface area contributed by atoms with Crippen molar-refractivity contribution in [1.29, 1.82) is 0 Å². The van der Waals surface area contributed by atoms with Crippen LogP contribution in [0.15, 0.2) is 30.3 Å². The maximum Gasteiger partial charge on any atom is 0.244 e. The Labute approximate surface area is 184 Å². The second kappa shape index (κ2) is 12.7. The fourth-order valence-electron chi connectivity index (χ4n) is 3.30. The number of ether oxygens (including phenoxy) is 1. The van der Waals surface area contributed by atoms with Gasteiger partial charge in [-0.3, -0.25) is 19.3 Å². The predicted octanol–water partition coefficient (Wildman–Crippen LogP) is 1.32. The number of carbonyl (C=O) groups excluding carboxylic acids is 3. The molecule has 1 aliphatic rings. The van der Waals surface area contributed by atoms with E-state index in [1.807, 2.05) is 31.2 Å². The van der Waals surface area contributed by atoms with E-state index in [9.17, 15) is 14.4 Å². The molecule has 1 heterocycles. The Kier molecular flexibility index (Phi) is 10.0. The molecule has 0 spiro atoms. The highest BCUT2D eigenvalue weighted by Crippen LogP contribution is 2.12. The van der Waals surface area contributed by atoms with Crippen molar-refractivity contribution in [2.24, 2.45) is 0 Å². The summed E-state index contributed by atoms with van der Waals surface area (Å²) in [5.41, 5.74) is 0.864. The number of benzene rings is 1. The number of rotatable bonds is 10. The Morgan fingerprint density at radius 3 is 2.48 bits per heavy atom. The number of nitrogens with zero attached hydrogens (tertiary/aromatic N) is 1. The van der Waals surface area contributed by atoms with Gasteiger partial charge in [-0.05, 0) is 50.0 Å². The molecule has 1 saturated heterocycles. The molecule has 1 atom stereocenters. The van der Waals surface area contributed by atoms with Crippen LogP contribution >= 0.6 is 0 Å². The predicted molar refractivity (Wildman–Crippen MR) is 121 cm³/mol. The number of hydrogen-bond donors (Lipinski definition) is 3. The summed E-state index contributed by atoms with van der Waals surface area (Å²) < 4.78 is 5.10. The van der Waals surface area contributed by atoms with Crippen LogP contribution in [0.3, 0.4) is 0 Å². The van der Waals surface area contributed by atoms with Crippen LogP contribution in [-0.4, -0.2) is 68.0 Å². The summed E-state index contributed by atoms with van der Waals surface area (Å²) >= 11 is 0. The van der Waals surface area contributed by atoms with Gasteiger partial charge in [-0.1, -0.05) is 19.1 Å². The molecule has 0 aromatic heterocycles. The fraction of sp³-hybridized carbons (Fsp3) is 0.522. The highest BCUT2D eigenvalue weighted by Gasteiger charge is 2.24. The lowest BCUT2D eigenvalue weighted by Crippen LogP contribution is -2.51. The van der Waals surface area contributed by atoms with E-state index in [1.54, 1.807) is 20.1 Å². The number of likely N-dealkylation sites (tertiary alicyclic amines) is 1. The smallest absolute Gasteiger partial charge is 0.244 e. The minimum Gasteiger partial charge on any atom is -0.497 e. The topological polar surface area (TPSA) is 99.8 Å². The first-order valence-corrected chi connectivity index (χ1v) is 10.8. The SMILES string of the molecule is CCCNC(=O)CN1CCC(NC(=O)C(C)NC(=O)/C=C/c2ccc(OC)cc2)CC1. The van der Waals surface area contributed by atoms with Crippen molar-refractivity contribution in [3.8, 4) is 5.75 Å². The highest BCUT2D eigenvalue weighted by atomic mass is 16.5. The second-order valence-corrected chi connectivity index (χ2v) is 7.75. The molecule has 31 heavy (non-hydrogen) atoms. The van der Waals surface area contributed by atoms with Crippen LogP contribution in [0.2, 0.25) is 0 Å². The second-order valence-electron chi connectivity index (χ2n) is 7.75. The molecular weight excluding hydrogens is 396 g/mol. The lowest BCUT2D eigenvalue weighted by Gasteiger charge is -2.32. The van der Waals surface area contributed by atoms with Crippen molar-refractivity contribution >= 4 is 23.8 Å². The molecule has 3 N–H and O–H groups in total. The summed E-state index contributed by atoms with van der Waals surface area (Å²) in [6, 6.07) is 6.74. The molecule has 1 aliphatic heterocycles. The third-order valence-electron chi connectivity index (χ3n) is 5.17. The molecule has 1 unspecified atom stereocenters. The van der Waals surface area contributed by atoms with Crippen LogP contribution < -0.4 is 20.7 Å². The van der Waals surface area contributed by atoms with E-state index in [2.05, 4.69) is 20.9 Å². The van der Waals surface area contributed by atoms with Gasteiger partial charge in [-0.2, -0.15) is 0 Å². The van der Waals surface area contributed by atoms with Crippen molar-refractivity contribution in [1.82, 2.24) is 20.9 Å². The molecule has 1 fully saturated rings. The number of piperidine rings is 1. The van der Waals surface area contributed by atoms with E-state index in [0.29, 0.717) is 13.1 Å². The minimum atomic E-state index is -0.633. The summed E-state index contributed by atoms with van der Waals surface area (Å²) in [6.45, 7) is 6.31. The van der Waals surface area contributed by atoms with E-state index >= 15 is 0 Å². The van der Waals surface area contributed by atoms with E-state index < -0.39 is 6.04 Å². The molecule has 8 heteroatoms. The number of amides is 3. The molecule has 2 rings (SSSR count). The molecule has 1 aromatic carbocycles. The summed E-state index contributed by atoms with van der Waals surface area (Å²) in [7, 11) is 1.60. The van der Waals surface area contributed by atoms with Gasteiger partial charge >= 0.3 is 0 Å². The fourth-order valence-corrected chi connectivity index (χ4v) is 3.30. The first-order valence-electron chi connectivity index (χ1n) is 10.8. The van der Waals surface area contributed by atoms with Gasteiger partial charge in [0.15, 0.2) is 0 Å². The molecule has 0 aliphatic carbocycles. The first-order chi connectivity index (χ1) is 14.9. The Hall–Kier alpha value is -2.87. The average molecular weight is 431 g/mol. The minimum absolute atomic E-state index is 0.0448. The van der Waals surface area contributed by atoms with Crippen LogP contribution in [-0.2, 0) is 14.4 Å². The van der Waals surface area contributed by atoms with Crippen LogP contribution in [0, 0.1) is 0 Å². The van der Waals surface area contributed by atoms with Gasteiger partial charge in [0, 0.05) is 31.8 Å². The number of carbonyl (C=O) groups is 3. The average Bonchev–Trinajstić information content (AvgIpc) is 2.77. The molecule has 0 saturated carbocycles. The van der Waals surface area contributed by atoms with E-state index in [0.717, 1.165) is 43.7 Å². The standard InChI is InChI=1S/C23H34N4O4/c1-4-13-24-22(29)16-27-14-11-19(12-15-27)26-23(30)17(2)25-21(28)10-7-18-5-8-20(31-3)9-6-18/h5-10,17,19H,4,11-16H2,1-3H3,(H,24,29)(H,25,28)(H,26,30)/b10-7+. The van der Waals surface area contributed by atoms with E-state index in [1.165, 1.54) is 6.08 Å². The lowest BCUT2D eigenvalue weighted by molar-refractivity contribution is -0.127. The molecule has 0 bridgehead atoms. The molecule has 0 radical (unpaired) electrons. The zero-order valence-corrected chi connectivity index (χ0v) is 18.6. The molecule has 3 amide bonds. The molecule has 1 aromatic rings. The first kappa shape index (κ1) is 24.4. The highest BCUT2D eigenvalue weighted by molar-refractivity contribution is 5.95. The van der Waals surface area contributed by atoms with E-state index in [4.69, 9.17) is 4.74 Å². The summed E-state index contributed by atoms with van der Waals surface area (Å²) in [6.07, 6.45) is 5.58. The Bertz CT molecular complexity index is 755. The summed E-state index contributed by atoms with van der Waals surface area (Å²) in [4.78, 5) is 38.5. The van der Waals surface area contributed by atoms with Crippen molar-refractivity contribution in [2.45, 2.75) is 45.2 Å². The van der Waals surface area contributed by atoms with Gasteiger partial charge in [0.2, 0.25) is 17.7 Å². The monoisotopic (exact) mass is 430 g/mol. The van der Waals surface area contributed by atoms with E-state index in [-0.39, 0.29) is 23.8 Å². The van der Waals surface area contributed by atoms with Crippen molar-refractivity contribution in [2.75, 3.05) is 33.3 Å². The van der Waals surface area contributed by atoms with Crippen LogP contribution in [0.4, 0.5) is 0 Å². The number of methoxy groups -OCH3 is 1. The van der Waals surface area contributed by atoms with Crippen molar-refractivity contribution < 1.29 is 19.1 Å². The normalized spacial score (nSPS) is 16.0. The van der Waals surface area contributed by atoms with Gasteiger partial charge in [0.1, 0.15) is 11.8 Å². The summed E-state index contributed by atoms with van der Waals surface area (Å²) in [5, 5.41) is 8.57. The maximum atomic E-state index is 12.4. The Balaban J connectivity index is 1.70. The number of hydrogen-bond acceptors (Lipinski definition) is 5. The number of nitrogens with one attached hydrogen (secondary N) is 3. The zero-order valence-electron chi connectivity index (χ0n) is 18.6. The molecule has 8 nitrogen and oxygen atoms in total. The van der Waals surface area contributed by atoms with Gasteiger partial charge in [0.25, 0.3) is 0 Å². The summed E-state index contributed by atoms with van der Waals surface area (Å²) in [5.74, 6) is 0.262. The third kappa shape index (κ3) is 8.80. The maximum absolute atomic E-state index is 12.4. The van der Waals surface area contributed by atoms with Crippen molar-refractivity contribution in [3.05, 3.63) is 35.9 Å². The largest absolute Gasteiger partial charge is 0.497 e. The Morgan fingerprint density at radius 1 is 1.19 bits per heavy atom. The molecule has 170 valence electrons. The zero-order chi connectivity index (χ0) is 22.6. The molecular formula is C23H34N4O4. The van der Waals surface area contributed by atoms with Crippen LogP contribution in [0.5, 0.6) is 5.75 Å². The third-order valence-corrected chi connectivity index (χ3v) is 5.17. The quantitative estimate of drug-likeness (QED) is 0.486. The van der Waals surface area contributed by atoms with Gasteiger partial charge in [-0.25, -0.2) is 0 Å². The lowest BCUT2D eigenvalue weighted by atomic mass is 10.0. The van der Waals surface area contributed by atoms with Gasteiger partial charge in [0.05, 0.1) is 13.7 Å². The van der Waals surface area contributed by atoms with Crippen molar-refractivity contribution in [3.63, 3.8) is 0 Å². The van der Waals surface area contributed by atoms with Crippen LogP contribution in [0.25, 0.3) is 6.08 Å². The van der Waals surface area contributed by atoms with Gasteiger partial charge < -0.3 is 20.7 Å². The van der Waals surface area contributed by atoms with Crippen LogP contribution in [0.1, 0.15) is 38.7 Å². The van der Waals surface area contributed by atoms with Gasteiger partial charge in [-0.15, -0.1) is 0 Å². The Morgan fingerprint density at radius 2 is 1.87 bits per heavy atom.